The average molecular weight is 264 g/mol. The quantitative estimate of drug-likeness (QED) is 0.585. The van der Waals surface area contributed by atoms with Crippen LogP contribution in [0.5, 0.6) is 17.2 Å². The number of carbonyl (C=O) groups excluding carboxylic acids is 1. The Kier molecular flexibility index (Phi) is 5.42. The second-order valence-electron chi connectivity index (χ2n) is 4.33. The van der Waals surface area contributed by atoms with E-state index in [2.05, 4.69) is 6.08 Å². The zero-order valence-electron chi connectivity index (χ0n) is 12.1. The Hall–Kier alpha value is -1.97. The fraction of sp³-hybridized carbons (Fsp3) is 0.400. The van der Waals surface area contributed by atoms with Crippen LogP contribution in [0.3, 0.4) is 0 Å². The van der Waals surface area contributed by atoms with Crippen molar-refractivity contribution in [3.05, 3.63) is 28.8 Å². The van der Waals surface area contributed by atoms with Crippen LogP contribution in [0.2, 0.25) is 0 Å². The van der Waals surface area contributed by atoms with Crippen molar-refractivity contribution < 1.29 is 19.0 Å². The molecular weight excluding hydrogens is 244 g/mol. The molecule has 19 heavy (non-hydrogen) atoms. The maximum atomic E-state index is 11.2. The molecule has 0 aliphatic heterocycles. The summed E-state index contributed by atoms with van der Waals surface area (Å²) in [6.45, 7) is 4.04. The van der Waals surface area contributed by atoms with Crippen LogP contribution in [0.25, 0.3) is 0 Å². The van der Waals surface area contributed by atoms with Crippen LogP contribution in [0.15, 0.2) is 17.7 Å². The number of rotatable bonds is 6. The Labute approximate surface area is 114 Å². The van der Waals surface area contributed by atoms with Gasteiger partial charge in [-0.2, -0.15) is 0 Å². The van der Waals surface area contributed by atoms with E-state index in [1.807, 2.05) is 13.8 Å². The Balaban J connectivity index is 3.45. The summed E-state index contributed by atoms with van der Waals surface area (Å²) < 4.78 is 15.9. The molecule has 0 N–H and O–H groups in total. The molecule has 0 saturated carbocycles. The van der Waals surface area contributed by atoms with E-state index in [0.717, 1.165) is 11.8 Å². The Morgan fingerprint density at radius 2 is 1.63 bits per heavy atom. The van der Waals surface area contributed by atoms with Crippen molar-refractivity contribution in [2.45, 2.75) is 20.3 Å². The number of hydrogen-bond acceptors (Lipinski definition) is 4. The van der Waals surface area contributed by atoms with Crippen molar-refractivity contribution in [1.29, 1.82) is 0 Å². The smallest absolute Gasteiger partial charge is 0.204 e. The van der Waals surface area contributed by atoms with E-state index >= 15 is 0 Å². The molecule has 1 aromatic carbocycles. The zero-order chi connectivity index (χ0) is 14.4. The van der Waals surface area contributed by atoms with E-state index in [-0.39, 0.29) is 0 Å². The number of carbonyl (C=O) groups is 1. The standard InChI is InChI=1S/C15H20O4/c1-10(2)6-7-11-8-12(9-16)14(18-4)15(19-5)13(11)17-3/h6,8-9H,7H2,1-5H3. The van der Waals surface area contributed by atoms with Gasteiger partial charge in [0.1, 0.15) is 0 Å². The highest BCUT2D eigenvalue weighted by atomic mass is 16.5. The molecule has 1 rings (SSSR count). The molecule has 0 unspecified atom stereocenters. The topological polar surface area (TPSA) is 44.8 Å². The van der Waals surface area contributed by atoms with Crippen molar-refractivity contribution in [2.24, 2.45) is 0 Å². The first kappa shape index (κ1) is 15.1. The minimum Gasteiger partial charge on any atom is -0.492 e. The molecule has 104 valence electrons. The molecule has 0 aliphatic carbocycles. The van der Waals surface area contributed by atoms with E-state index in [9.17, 15) is 4.79 Å². The monoisotopic (exact) mass is 264 g/mol. The molecule has 0 atom stereocenters. The number of ether oxygens (including phenoxy) is 3. The maximum absolute atomic E-state index is 11.2. The van der Waals surface area contributed by atoms with Crippen molar-refractivity contribution in [3.8, 4) is 17.2 Å². The van der Waals surface area contributed by atoms with Gasteiger partial charge in [-0.15, -0.1) is 0 Å². The number of aldehydes is 1. The molecule has 0 radical (unpaired) electrons. The van der Waals surface area contributed by atoms with Gasteiger partial charge in [0.25, 0.3) is 0 Å². The lowest BCUT2D eigenvalue weighted by atomic mass is 10.0. The van der Waals surface area contributed by atoms with E-state index in [4.69, 9.17) is 14.2 Å². The van der Waals surface area contributed by atoms with Crippen LogP contribution >= 0.6 is 0 Å². The molecule has 0 fully saturated rings. The molecule has 4 nitrogen and oxygen atoms in total. The molecule has 0 aliphatic rings. The largest absolute Gasteiger partial charge is 0.492 e. The highest BCUT2D eigenvalue weighted by Crippen LogP contribution is 2.42. The van der Waals surface area contributed by atoms with Gasteiger partial charge >= 0.3 is 0 Å². The third kappa shape index (κ3) is 3.28. The number of hydrogen-bond donors (Lipinski definition) is 0. The van der Waals surface area contributed by atoms with E-state index in [1.165, 1.54) is 19.8 Å². The molecule has 0 heterocycles. The van der Waals surface area contributed by atoms with Crippen LogP contribution in [-0.4, -0.2) is 27.6 Å². The number of benzene rings is 1. The van der Waals surface area contributed by atoms with Crippen molar-refractivity contribution in [1.82, 2.24) is 0 Å². The van der Waals surface area contributed by atoms with Gasteiger partial charge in [0.2, 0.25) is 5.75 Å². The van der Waals surface area contributed by atoms with Crippen LogP contribution in [0.4, 0.5) is 0 Å². The Morgan fingerprint density at radius 3 is 2.05 bits per heavy atom. The van der Waals surface area contributed by atoms with E-state index in [0.29, 0.717) is 29.2 Å². The maximum Gasteiger partial charge on any atom is 0.204 e. The van der Waals surface area contributed by atoms with Crippen LogP contribution < -0.4 is 14.2 Å². The summed E-state index contributed by atoms with van der Waals surface area (Å²) in [4.78, 5) is 11.2. The molecule has 0 saturated heterocycles. The first-order valence-corrected chi connectivity index (χ1v) is 5.99. The van der Waals surface area contributed by atoms with Gasteiger partial charge in [0.15, 0.2) is 17.8 Å². The third-order valence-electron chi connectivity index (χ3n) is 2.77. The molecule has 4 heteroatoms. The van der Waals surface area contributed by atoms with Gasteiger partial charge in [0.05, 0.1) is 26.9 Å². The van der Waals surface area contributed by atoms with Gasteiger partial charge in [0, 0.05) is 5.56 Å². The van der Waals surface area contributed by atoms with Crippen LogP contribution in [0.1, 0.15) is 29.8 Å². The van der Waals surface area contributed by atoms with Crippen molar-refractivity contribution in [3.63, 3.8) is 0 Å². The predicted molar refractivity (Wildman–Crippen MR) is 74.6 cm³/mol. The molecule has 0 bridgehead atoms. The average Bonchev–Trinajstić information content (AvgIpc) is 2.42. The Morgan fingerprint density at radius 1 is 1.05 bits per heavy atom. The summed E-state index contributed by atoms with van der Waals surface area (Å²) in [6.07, 6.45) is 3.50. The first-order valence-electron chi connectivity index (χ1n) is 5.99. The summed E-state index contributed by atoms with van der Waals surface area (Å²) >= 11 is 0. The minimum atomic E-state index is 0.398. The first-order chi connectivity index (χ1) is 9.08. The fourth-order valence-corrected chi connectivity index (χ4v) is 1.87. The van der Waals surface area contributed by atoms with Gasteiger partial charge in [-0.25, -0.2) is 0 Å². The number of methoxy groups -OCH3 is 3. The second kappa shape index (κ2) is 6.83. The lowest BCUT2D eigenvalue weighted by Crippen LogP contribution is -2.02. The third-order valence-corrected chi connectivity index (χ3v) is 2.77. The lowest BCUT2D eigenvalue weighted by molar-refractivity contribution is 0.111. The molecule has 0 aromatic heterocycles. The highest BCUT2D eigenvalue weighted by molar-refractivity contribution is 5.83. The van der Waals surface area contributed by atoms with Crippen LogP contribution in [-0.2, 0) is 6.42 Å². The molecule has 0 spiro atoms. The Bertz CT molecular complexity index is 485. The molecule has 1 aromatic rings. The highest BCUT2D eigenvalue weighted by Gasteiger charge is 2.19. The summed E-state index contributed by atoms with van der Waals surface area (Å²) in [6, 6.07) is 1.77. The van der Waals surface area contributed by atoms with E-state index in [1.54, 1.807) is 13.2 Å². The van der Waals surface area contributed by atoms with Gasteiger partial charge in [-0.1, -0.05) is 11.6 Å². The fourth-order valence-electron chi connectivity index (χ4n) is 1.87. The summed E-state index contributed by atoms with van der Waals surface area (Å²) in [7, 11) is 4.60. The minimum absolute atomic E-state index is 0.398. The summed E-state index contributed by atoms with van der Waals surface area (Å²) in [5.74, 6) is 1.45. The zero-order valence-corrected chi connectivity index (χ0v) is 12.1. The van der Waals surface area contributed by atoms with Gasteiger partial charge in [-0.3, -0.25) is 4.79 Å². The van der Waals surface area contributed by atoms with Gasteiger partial charge < -0.3 is 14.2 Å². The van der Waals surface area contributed by atoms with E-state index < -0.39 is 0 Å². The molecule has 0 amide bonds. The lowest BCUT2D eigenvalue weighted by Gasteiger charge is -2.17. The van der Waals surface area contributed by atoms with Crippen molar-refractivity contribution in [2.75, 3.05) is 21.3 Å². The molecular formula is C15H20O4. The van der Waals surface area contributed by atoms with Crippen LogP contribution in [0, 0.1) is 0 Å². The predicted octanol–water partition coefficient (Wildman–Crippen LogP) is 3.03. The summed E-state index contributed by atoms with van der Waals surface area (Å²) in [5.41, 5.74) is 2.55. The van der Waals surface area contributed by atoms with Gasteiger partial charge in [-0.05, 0) is 26.3 Å². The summed E-state index contributed by atoms with van der Waals surface area (Å²) in [5, 5.41) is 0. The number of allylic oxidation sites excluding steroid dienone is 2. The SMILES string of the molecule is COc1c(C=O)cc(CC=C(C)C)c(OC)c1OC. The normalized spacial score (nSPS) is 9.74. The van der Waals surface area contributed by atoms with Crippen molar-refractivity contribution >= 4 is 6.29 Å². The second-order valence-corrected chi connectivity index (χ2v) is 4.33.